The molecule has 3 heterocycles. The summed E-state index contributed by atoms with van der Waals surface area (Å²) in [6.45, 7) is 6.57. The molecule has 2 unspecified atom stereocenters. The van der Waals surface area contributed by atoms with E-state index in [2.05, 4.69) is 37.3 Å². The summed E-state index contributed by atoms with van der Waals surface area (Å²) in [7, 11) is 2.31. The van der Waals surface area contributed by atoms with Crippen molar-refractivity contribution in [2.24, 2.45) is 5.92 Å². The zero-order valence-electron chi connectivity index (χ0n) is 12.9. The Morgan fingerprint density at radius 2 is 2.05 bits per heavy atom. The van der Waals surface area contributed by atoms with Crippen LogP contribution in [0, 0.1) is 5.92 Å². The molecule has 0 amide bonds. The van der Waals surface area contributed by atoms with Crippen molar-refractivity contribution in [3.8, 4) is 0 Å². The molecule has 0 radical (unpaired) electrons. The van der Waals surface area contributed by atoms with Crippen molar-refractivity contribution in [2.45, 2.75) is 64.1 Å². The Morgan fingerprint density at radius 3 is 2.70 bits per heavy atom. The van der Waals surface area contributed by atoms with Crippen molar-refractivity contribution in [3.05, 3.63) is 16.1 Å². The van der Waals surface area contributed by atoms with Gasteiger partial charge in [-0.3, -0.25) is 0 Å². The molecule has 0 aliphatic carbocycles. The topological polar surface area (TPSA) is 28.2 Å². The van der Waals surface area contributed by atoms with Gasteiger partial charge in [-0.2, -0.15) is 0 Å². The average Bonchev–Trinajstić information content (AvgIpc) is 2.92. The van der Waals surface area contributed by atoms with E-state index in [0.717, 1.165) is 25.2 Å². The monoisotopic (exact) mass is 293 g/mol. The summed E-state index contributed by atoms with van der Waals surface area (Å²) in [5.41, 5.74) is 0. The Balaban J connectivity index is 1.57. The highest BCUT2D eigenvalue weighted by molar-refractivity contribution is 7.11. The van der Waals surface area contributed by atoms with Gasteiger partial charge in [-0.25, -0.2) is 4.98 Å². The molecule has 1 aromatic rings. The summed E-state index contributed by atoms with van der Waals surface area (Å²) in [6, 6.07) is 1.62. The van der Waals surface area contributed by atoms with Gasteiger partial charge in [-0.05, 0) is 45.2 Å². The van der Waals surface area contributed by atoms with Gasteiger partial charge in [-0.1, -0.05) is 13.8 Å². The summed E-state index contributed by atoms with van der Waals surface area (Å²) < 4.78 is 0. The summed E-state index contributed by atoms with van der Waals surface area (Å²) in [5.74, 6) is 1.43. The number of hydrogen-bond donors (Lipinski definition) is 1. The molecule has 2 fully saturated rings. The molecule has 0 saturated carbocycles. The number of nitrogens with one attached hydrogen (secondary N) is 1. The molecular weight excluding hydrogens is 266 g/mol. The van der Waals surface area contributed by atoms with Gasteiger partial charge in [0.1, 0.15) is 0 Å². The van der Waals surface area contributed by atoms with Gasteiger partial charge in [-0.15, -0.1) is 11.3 Å². The fourth-order valence-corrected chi connectivity index (χ4v) is 4.70. The van der Waals surface area contributed by atoms with Crippen molar-refractivity contribution in [1.82, 2.24) is 15.2 Å². The fourth-order valence-electron chi connectivity index (χ4n) is 3.69. The number of thiazole rings is 1. The first kappa shape index (κ1) is 14.5. The molecule has 0 aromatic carbocycles. The molecule has 1 N–H and O–H groups in total. The maximum Gasteiger partial charge on any atom is 0.0960 e. The van der Waals surface area contributed by atoms with Crippen molar-refractivity contribution in [2.75, 3.05) is 13.6 Å². The minimum atomic E-state index is 0.715. The lowest BCUT2D eigenvalue weighted by Crippen LogP contribution is -2.39. The lowest BCUT2D eigenvalue weighted by atomic mass is 9.92. The van der Waals surface area contributed by atoms with Gasteiger partial charge < -0.3 is 10.2 Å². The second-order valence-electron chi connectivity index (χ2n) is 6.91. The Hall–Kier alpha value is -0.450. The quantitative estimate of drug-likeness (QED) is 0.903. The van der Waals surface area contributed by atoms with Gasteiger partial charge in [0.2, 0.25) is 0 Å². The van der Waals surface area contributed by atoms with Gasteiger partial charge in [0.25, 0.3) is 0 Å². The third kappa shape index (κ3) is 3.07. The number of nitrogens with zero attached hydrogens (tertiary/aromatic N) is 2. The molecule has 2 bridgehead atoms. The maximum atomic E-state index is 4.72. The van der Waals surface area contributed by atoms with Crippen LogP contribution in [0.5, 0.6) is 0 Å². The molecule has 4 heteroatoms. The van der Waals surface area contributed by atoms with Gasteiger partial charge in [0.15, 0.2) is 0 Å². The van der Waals surface area contributed by atoms with E-state index in [1.807, 2.05) is 11.3 Å². The minimum Gasteiger partial charge on any atom is -0.312 e. The molecule has 20 heavy (non-hydrogen) atoms. The standard InChI is InChI=1S/C16H27N3S/c1-11(2)8-17-9-15-10-18-16(20-15)12-6-13-4-5-14(7-12)19(13)3/h10-14,17H,4-9H2,1-3H3. The first-order valence-electron chi connectivity index (χ1n) is 8.00. The number of piperidine rings is 1. The van der Waals surface area contributed by atoms with Crippen LogP contribution in [0.2, 0.25) is 0 Å². The van der Waals surface area contributed by atoms with Crippen molar-refractivity contribution >= 4 is 11.3 Å². The fraction of sp³-hybridized carbons (Fsp3) is 0.812. The summed E-state index contributed by atoms with van der Waals surface area (Å²) in [6.07, 6.45) is 7.52. The van der Waals surface area contributed by atoms with Crippen LogP contribution in [-0.2, 0) is 6.54 Å². The summed E-state index contributed by atoms with van der Waals surface area (Å²) in [4.78, 5) is 8.72. The summed E-state index contributed by atoms with van der Waals surface area (Å²) in [5, 5.41) is 4.90. The van der Waals surface area contributed by atoms with Crippen LogP contribution in [-0.4, -0.2) is 35.6 Å². The molecule has 2 atom stereocenters. The van der Waals surface area contributed by atoms with E-state index < -0.39 is 0 Å². The van der Waals surface area contributed by atoms with Crippen LogP contribution >= 0.6 is 11.3 Å². The van der Waals surface area contributed by atoms with Crippen LogP contribution in [0.15, 0.2) is 6.20 Å². The predicted molar refractivity (Wildman–Crippen MR) is 85.2 cm³/mol. The average molecular weight is 293 g/mol. The van der Waals surface area contributed by atoms with E-state index in [-0.39, 0.29) is 0 Å². The molecule has 0 spiro atoms. The maximum absolute atomic E-state index is 4.72. The van der Waals surface area contributed by atoms with E-state index in [4.69, 9.17) is 4.98 Å². The highest BCUT2D eigenvalue weighted by Gasteiger charge is 2.39. The van der Waals surface area contributed by atoms with E-state index in [0.29, 0.717) is 11.8 Å². The molecular formula is C16H27N3S. The smallest absolute Gasteiger partial charge is 0.0960 e. The van der Waals surface area contributed by atoms with E-state index in [1.54, 1.807) is 0 Å². The van der Waals surface area contributed by atoms with E-state index >= 15 is 0 Å². The Labute approximate surface area is 126 Å². The minimum absolute atomic E-state index is 0.715. The van der Waals surface area contributed by atoms with Gasteiger partial charge in [0, 0.05) is 35.6 Å². The van der Waals surface area contributed by atoms with Crippen LogP contribution < -0.4 is 5.32 Å². The SMILES string of the molecule is CC(C)CNCc1cnc(C2CC3CCC(C2)N3C)s1. The number of rotatable bonds is 5. The lowest BCUT2D eigenvalue weighted by molar-refractivity contribution is 0.161. The highest BCUT2D eigenvalue weighted by atomic mass is 32.1. The van der Waals surface area contributed by atoms with Crippen molar-refractivity contribution in [1.29, 1.82) is 0 Å². The lowest BCUT2D eigenvalue weighted by Gasteiger charge is -2.35. The van der Waals surface area contributed by atoms with Crippen LogP contribution in [0.4, 0.5) is 0 Å². The zero-order chi connectivity index (χ0) is 14.1. The van der Waals surface area contributed by atoms with Crippen LogP contribution in [0.25, 0.3) is 0 Å². The Morgan fingerprint density at radius 1 is 1.35 bits per heavy atom. The van der Waals surface area contributed by atoms with E-state index in [9.17, 15) is 0 Å². The van der Waals surface area contributed by atoms with Crippen molar-refractivity contribution in [3.63, 3.8) is 0 Å². The second-order valence-corrected chi connectivity index (χ2v) is 8.06. The van der Waals surface area contributed by atoms with E-state index in [1.165, 1.54) is 35.6 Å². The molecule has 2 saturated heterocycles. The predicted octanol–water partition coefficient (Wildman–Crippen LogP) is 3.23. The third-order valence-electron chi connectivity index (χ3n) is 4.87. The molecule has 3 nitrogen and oxygen atoms in total. The third-order valence-corrected chi connectivity index (χ3v) is 6.03. The number of fused-ring (bicyclic) bond motifs is 2. The van der Waals surface area contributed by atoms with Crippen molar-refractivity contribution < 1.29 is 0 Å². The second kappa shape index (κ2) is 6.12. The Bertz CT molecular complexity index is 429. The largest absolute Gasteiger partial charge is 0.312 e. The molecule has 112 valence electrons. The highest BCUT2D eigenvalue weighted by Crippen LogP contribution is 2.42. The van der Waals surface area contributed by atoms with Gasteiger partial charge in [0.05, 0.1) is 5.01 Å². The Kier molecular flexibility index (Phi) is 4.43. The molecule has 1 aromatic heterocycles. The molecule has 2 aliphatic rings. The zero-order valence-corrected chi connectivity index (χ0v) is 13.7. The van der Waals surface area contributed by atoms with Crippen LogP contribution in [0.3, 0.4) is 0 Å². The van der Waals surface area contributed by atoms with Gasteiger partial charge >= 0.3 is 0 Å². The normalized spacial score (nSPS) is 30.3. The summed E-state index contributed by atoms with van der Waals surface area (Å²) >= 11 is 1.93. The first-order chi connectivity index (χ1) is 9.63. The molecule has 2 aliphatic heterocycles. The number of hydrogen-bond acceptors (Lipinski definition) is 4. The van der Waals surface area contributed by atoms with Crippen LogP contribution in [0.1, 0.15) is 55.3 Å². The first-order valence-corrected chi connectivity index (χ1v) is 8.82. The number of aromatic nitrogens is 1. The molecule has 3 rings (SSSR count).